The van der Waals surface area contributed by atoms with E-state index in [1.807, 2.05) is 11.0 Å². The van der Waals surface area contributed by atoms with Crippen LogP contribution in [0.3, 0.4) is 0 Å². The van der Waals surface area contributed by atoms with Crippen LogP contribution in [0.2, 0.25) is 5.02 Å². The quantitative estimate of drug-likeness (QED) is 0.486. The second-order valence-corrected chi connectivity index (χ2v) is 6.16. The third kappa shape index (κ3) is 4.12. The average Bonchev–Trinajstić information content (AvgIpc) is 2.55. The number of anilines is 1. The number of nitriles is 1. The zero-order chi connectivity index (χ0) is 16.8. The van der Waals surface area contributed by atoms with E-state index in [-0.39, 0.29) is 28.9 Å². The van der Waals surface area contributed by atoms with Crippen LogP contribution in [0.4, 0.5) is 11.4 Å². The standard InChI is InChI=1S/C16H20ClN3O3/c17-14-10-15(16(20(22)23)9-12(14)11-18)19-7-3-1-5-13(19)6-2-4-8-21/h9-10,13,21H,1-8H2. The smallest absolute Gasteiger partial charge is 0.293 e. The van der Waals surface area contributed by atoms with Gasteiger partial charge in [0.1, 0.15) is 11.8 Å². The summed E-state index contributed by atoms with van der Waals surface area (Å²) in [6.45, 7) is 0.905. The highest BCUT2D eigenvalue weighted by Crippen LogP contribution is 2.37. The third-order valence-electron chi connectivity index (χ3n) is 4.26. The van der Waals surface area contributed by atoms with Gasteiger partial charge in [0.2, 0.25) is 0 Å². The first-order valence-electron chi connectivity index (χ1n) is 7.84. The van der Waals surface area contributed by atoms with E-state index in [0.717, 1.165) is 45.1 Å². The van der Waals surface area contributed by atoms with Crippen LogP contribution in [0, 0.1) is 21.4 Å². The van der Waals surface area contributed by atoms with Crippen LogP contribution in [-0.2, 0) is 0 Å². The largest absolute Gasteiger partial charge is 0.396 e. The number of nitro benzene ring substituents is 1. The number of unbranched alkanes of at least 4 members (excludes halogenated alkanes) is 1. The highest BCUT2D eigenvalue weighted by molar-refractivity contribution is 6.32. The molecular formula is C16H20ClN3O3. The first kappa shape index (κ1) is 17.5. The molecule has 2 rings (SSSR count). The Hall–Kier alpha value is -1.84. The molecule has 0 spiro atoms. The van der Waals surface area contributed by atoms with Gasteiger partial charge in [-0.2, -0.15) is 5.26 Å². The Morgan fingerprint density at radius 1 is 1.43 bits per heavy atom. The van der Waals surface area contributed by atoms with Crippen LogP contribution >= 0.6 is 11.6 Å². The molecule has 1 aliphatic heterocycles. The highest BCUT2D eigenvalue weighted by Gasteiger charge is 2.29. The maximum atomic E-state index is 11.4. The number of nitro groups is 1. The molecule has 1 saturated heterocycles. The molecule has 0 aliphatic carbocycles. The number of hydrogen-bond acceptors (Lipinski definition) is 5. The Labute approximate surface area is 140 Å². The maximum absolute atomic E-state index is 11.4. The molecule has 1 aromatic rings. The second-order valence-electron chi connectivity index (χ2n) is 5.75. The van der Waals surface area contributed by atoms with Crippen molar-refractivity contribution in [2.75, 3.05) is 18.1 Å². The molecule has 124 valence electrons. The number of aliphatic hydroxyl groups excluding tert-OH is 1. The fourth-order valence-corrected chi connectivity index (χ4v) is 3.32. The van der Waals surface area contributed by atoms with Crippen LogP contribution < -0.4 is 4.90 Å². The summed E-state index contributed by atoms with van der Waals surface area (Å²) in [6, 6.07) is 4.90. The van der Waals surface area contributed by atoms with Gasteiger partial charge in [-0.25, -0.2) is 0 Å². The molecule has 1 aliphatic rings. The number of piperidine rings is 1. The summed E-state index contributed by atoms with van der Waals surface area (Å²) in [5, 5.41) is 29.6. The highest BCUT2D eigenvalue weighted by atomic mass is 35.5. The summed E-state index contributed by atoms with van der Waals surface area (Å²) >= 11 is 6.10. The Morgan fingerprint density at radius 2 is 2.22 bits per heavy atom. The predicted molar refractivity (Wildman–Crippen MR) is 88.7 cm³/mol. The van der Waals surface area contributed by atoms with Gasteiger partial charge < -0.3 is 10.0 Å². The molecule has 1 atom stereocenters. The van der Waals surface area contributed by atoms with E-state index in [0.29, 0.717) is 5.69 Å². The van der Waals surface area contributed by atoms with Crippen LogP contribution in [0.5, 0.6) is 0 Å². The number of nitrogens with zero attached hydrogens (tertiary/aromatic N) is 3. The van der Waals surface area contributed by atoms with Crippen molar-refractivity contribution in [1.82, 2.24) is 0 Å². The molecule has 23 heavy (non-hydrogen) atoms. The zero-order valence-electron chi connectivity index (χ0n) is 12.9. The van der Waals surface area contributed by atoms with Gasteiger partial charge in [0.15, 0.2) is 0 Å². The van der Waals surface area contributed by atoms with E-state index >= 15 is 0 Å². The minimum Gasteiger partial charge on any atom is -0.396 e. The number of benzene rings is 1. The van der Waals surface area contributed by atoms with Crippen molar-refractivity contribution in [1.29, 1.82) is 5.26 Å². The third-order valence-corrected chi connectivity index (χ3v) is 4.58. The van der Waals surface area contributed by atoms with E-state index in [1.54, 1.807) is 6.07 Å². The van der Waals surface area contributed by atoms with E-state index in [4.69, 9.17) is 22.0 Å². The summed E-state index contributed by atoms with van der Waals surface area (Å²) in [7, 11) is 0. The van der Waals surface area contributed by atoms with Gasteiger partial charge in [0.05, 0.1) is 15.5 Å². The molecule has 1 aromatic carbocycles. The van der Waals surface area contributed by atoms with E-state index in [1.165, 1.54) is 6.07 Å². The van der Waals surface area contributed by atoms with E-state index in [9.17, 15) is 10.1 Å². The molecule has 1 unspecified atom stereocenters. The number of rotatable bonds is 6. The second kappa shape index (κ2) is 8.14. The predicted octanol–water partition coefficient (Wildman–Crippen LogP) is 3.64. The van der Waals surface area contributed by atoms with Crippen molar-refractivity contribution in [3.63, 3.8) is 0 Å². The van der Waals surface area contributed by atoms with Crippen molar-refractivity contribution >= 4 is 23.0 Å². The number of halogens is 1. The first-order chi connectivity index (χ1) is 11.1. The van der Waals surface area contributed by atoms with Gasteiger partial charge in [-0.05, 0) is 44.6 Å². The lowest BCUT2D eigenvalue weighted by Gasteiger charge is -2.37. The minimum absolute atomic E-state index is 0.0694. The summed E-state index contributed by atoms with van der Waals surface area (Å²) < 4.78 is 0. The Bertz CT molecular complexity index is 615. The molecule has 1 N–H and O–H groups in total. The van der Waals surface area contributed by atoms with Crippen LogP contribution in [0.25, 0.3) is 0 Å². The number of hydrogen-bond donors (Lipinski definition) is 1. The van der Waals surface area contributed by atoms with Crippen LogP contribution in [0.15, 0.2) is 12.1 Å². The molecule has 0 bridgehead atoms. The van der Waals surface area contributed by atoms with Crippen molar-refractivity contribution in [3.05, 3.63) is 32.8 Å². The first-order valence-corrected chi connectivity index (χ1v) is 8.21. The summed E-state index contributed by atoms with van der Waals surface area (Å²) in [5.74, 6) is 0. The maximum Gasteiger partial charge on any atom is 0.293 e. The minimum atomic E-state index is -0.452. The lowest BCUT2D eigenvalue weighted by Crippen LogP contribution is -2.40. The lowest BCUT2D eigenvalue weighted by molar-refractivity contribution is -0.384. The van der Waals surface area contributed by atoms with E-state index < -0.39 is 4.92 Å². The van der Waals surface area contributed by atoms with Gasteiger partial charge in [0.25, 0.3) is 5.69 Å². The van der Waals surface area contributed by atoms with E-state index in [2.05, 4.69) is 0 Å². The molecule has 0 amide bonds. The van der Waals surface area contributed by atoms with Crippen molar-refractivity contribution in [2.45, 2.75) is 44.6 Å². The summed E-state index contributed by atoms with van der Waals surface area (Å²) in [6.07, 6.45) is 5.55. The molecule has 0 aromatic heterocycles. The molecule has 1 fully saturated rings. The molecule has 6 nitrogen and oxygen atoms in total. The van der Waals surface area contributed by atoms with Gasteiger partial charge in [-0.15, -0.1) is 0 Å². The fourth-order valence-electron chi connectivity index (χ4n) is 3.12. The van der Waals surface area contributed by atoms with Crippen molar-refractivity contribution in [3.8, 4) is 6.07 Å². The van der Waals surface area contributed by atoms with Crippen molar-refractivity contribution < 1.29 is 10.0 Å². The van der Waals surface area contributed by atoms with Crippen LogP contribution in [0.1, 0.15) is 44.1 Å². The summed E-state index contributed by atoms with van der Waals surface area (Å²) in [4.78, 5) is 13.0. The van der Waals surface area contributed by atoms with Gasteiger partial charge in [-0.3, -0.25) is 10.1 Å². The molecule has 0 saturated carbocycles. The molecule has 0 radical (unpaired) electrons. The SMILES string of the molecule is N#Cc1cc([N+](=O)[O-])c(N2CCCCC2CCCCO)cc1Cl. The van der Waals surface area contributed by atoms with Crippen molar-refractivity contribution in [2.24, 2.45) is 0 Å². The average molecular weight is 338 g/mol. The molecule has 1 heterocycles. The monoisotopic (exact) mass is 337 g/mol. The van der Waals surface area contributed by atoms with Crippen LogP contribution in [-0.4, -0.2) is 29.2 Å². The normalized spacial score (nSPS) is 17.8. The topological polar surface area (TPSA) is 90.4 Å². The Morgan fingerprint density at radius 3 is 2.87 bits per heavy atom. The fraction of sp³-hybridized carbons (Fsp3) is 0.562. The van der Waals surface area contributed by atoms with Gasteiger partial charge in [-0.1, -0.05) is 11.6 Å². The Balaban J connectivity index is 2.35. The Kier molecular flexibility index (Phi) is 6.20. The molecular weight excluding hydrogens is 318 g/mol. The number of aliphatic hydroxyl groups is 1. The summed E-state index contributed by atoms with van der Waals surface area (Å²) in [5.41, 5.74) is 0.545. The lowest BCUT2D eigenvalue weighted by atomic mass is 9.96. The van der Waals surface area contributed by atoms with Gasteiger partial charge in [0, 0.05) is 25.3 Å². The zero-order valence-corrected chi connectivity index (χ0v) is 13.6. The molecule has 7 heteroatoms. The van der Waals surface area contributed by atoms with Gasteiger partial charge >= 0.3 is 0 Å².